The number of benzene rings is 3. The van der Waals surface area contributed by atoms with Crippen LogP contribution in [0.15, 0.2) is 82.6 Å². The van der Waals surface area contributed by atoms with Gasteiger partial charge < -0.3 is 0 Å². The molecule has 2 amide bonds. The van der Waals surface area contributed by atoms with Gasteiger partial charge in [0.2, 0.25) is 0 Å². The number of non-ortho nitro benzene ring substituents is 2. The van der Waals surface area contributed by atoms with Crippen molar-refractivity contribution in [3.63, 3.8) is 0 Å². The number of imide groups is 1. The minimum Gasteiger partial charge on any atom is -0.284 e. The molecule has 1 aliphatic heterocycles. The van der Waals surface area contributed by atoms with Crippen molar-refractivity contribution >= 4 is 52.9 Å². The van der Waals surface area contributed by atoms with Crippen molar-refractivity contribution in [1.82, 2.24) is 9.95 Å². The molecule has 0 unspecified atom stereocenters. The third-order valence-electron chi connectivity index (χ3n) is 5.12. The number of rotatable bonds is 9. The summed E-state index contributed by atoms with van der Waals surface area (Å²) < 4.78 is 44.8. The van der Waals surface area contributed by atoms with E-state index in [0.29, 0.717) is 11.1 Å². The first-order chi connectivity index (χ1) is 20.8. The summed E-state index contributed by atoms with van der Waals surface area (Å²) in [6.07, 6.45) is -0.532. The van der Waals surface area contributed by atoms with E-state index in [0.717, 1.165) is 17.2 Å². The summed E-state index contributed by atoms with van der Waals surface area (Å²) in [5.74, 6) is -0.770. The number of sulfonamides is 1. The second-order valence-electron chi connectivity index (χ2n) is 9.30. The maximum absolute atomic E-state index is 11.7. The monoisotopic (exact) mass is 686 g/mol. The van der Waals surface area contributed by atoms with Crippen LogP contribution in [0.3, 0.4) is 0 Å². The van der Waals surface area contributed by atoms with Crippen LogP contribution in [0.4, 0.5) is 11.4 Å². The van der Waals surface area contributed by atoms with E-state index in [1.54, 1.807) is 52.0 Å². The smallest absolute Gasteiger partial charge is 0.284 e. The van der Waals surface area contributed by atoms with Gasteiger partial charge in [-0.1, -0.05) is 29.2 Å². The van der Waals surface area contributed by atoms with Crippen LogP contribution in [0.1, 0.15) is 48.4 Å². The van der Waals surface area contributed by atoms with Gasteiger partial charge in [0.1, 0.15) is 0 Å². The van der Waals surface area contributed by atoms with Crippen molar-refractivity contribution in [2.24, 2.45) is 0 Å². The van der Waals surface area contributed by atoms with Crippen molar-refractivity contribution in [2.75, 3.05) is 0 Å². The molecule has 4 rings (SSSR count). The summed E-state index contributed by atoms with van der Waals surface area (Å²) in [6.45, 7) is 6.83. The van der Waals surface area contributed by atoms with Crippen molar-refractivity contribution in [2.45, 2.75) is 49.7 Å². The summed E-state index contributed by atoms with van der Waals surface area (Å²) in [5.41, 5.74) is 0.213. The molecular formula is C26H27ClN4O12S2. The van der Waals surface area contributed by atoms with Crippen molar-refractivity contribution in [1.29, 1.82) is 0 Å². The van der Waals surface area contributed by atoms with Gasteiger partial charge in [-0.2, -0.15) is 0 Å². The van der Waals surface area contributed by atoms with Gasteiger partial charge in [0, 0.05) is 34.9 Å². The number of hydroxylamine groups is 2. The average Bonchev–Trinajstić information content (AvgIpc) is 3.21. The number of hydrogen-bond acceptors (Lipinski definition) is 12. The zero-order chi connectivity index (χ0) is 34.1. The number of fused-ring (bicyclic) bond motifs is 1. The van der Waals surface area contributed by atoms with Gasteiger partial charge >= 0.3 is 0 Å². The molecule has 0 atom stereocenters. The summed E-state index contributed by atoms with van der Waals surface area (Å²) >= 11 is 0. The van der Waals surface area contributed by atoms with E-state index in [4.69, 9.17) is 20.4 Å². The molecular weight excluding hydrogens is 660 g/mol. The third-order valence-corrected chi connectivity index (χ3v) is 7.66. The fourth-order valence-corrected chi connectivity index (χ4v) is 4.93. The largest absolute Gasteiger partial charge is 0.285 e. The molecule has 1 heterocycles. The quantitative estimate of drug-likeness (QED) is 0.143. The molecule has 3 aromatic carbocycles. The molecule has 1 N–H and O–H groups in total. The van der Waals surface area contributed by atoms with Gasteiger partial charge in [-0.05, 0) is 52.0 Å². The molecule has 0 saturated carbocycles. The van der Waals surface area contributed by atoms with E-state index in [9.17, 15) is 46.7 Å². The van der Waals surface area contributed by atoms with Crippen molar-refractivity contribution in [3.8, 4) is 0 Å². The second-order valence-corrected chi connectivity index (χ2v) is 13.5. The van der Waals surface area contributed by atoms with Gasteiger partial charge in [-0.25, -0.2) is 16.8 Å². The molecule has 0 bridgehead atoms. The molecule has 0 aliphatic carbocycles. The Morgan fingerprint density at radius 3 is 1.58 bits per heavy atom. The Morgan fingerprint density at radius 2 is 1.18 bits per heavy atom. The molecule has 242 valence electrons. The molecule has 0 saturated heterocycles. The molecule has 0 aromatic heterocycles. The molecule has 3 aromatic rings. The van der Waals surface area contributed by atoms with E-state index in [2.05, 4.69) is 0 Å². The highest BCUT2D eigenvalue weighted by molar-refractivity contribution is 8.13. The normalized spacial score (nSPS) is 12.6. The molecule has 0 fully saturated rings. The zero-order valence-corrected chi connectivity index (χ0v) is 26.4. The first kappa shape index (κ1) is 36.9. The number of halogens is 1. The zero-order valence-electron chi connectivity index (χ0n) is 24.0. The SMILES string of the molecule is CC(C)ON1C(=O)c2ccccc2C1=O.CC(C)ONS(=O)(=O)c1cccc([N+](=O)[O-])c1.O=[N+]([O-])c1cccc(S(=O)(=O)Cl)c1. The number of amides is 2. The highest BCUT2D eigenvalue weighted by atomic mass is 35.7. The van der Waals surface area contributed by atoms with E-state index in [1.807, 2.05) is 4.89 Å². The Kier molecular flexibility index (Phi) is 12.8. The molecule has 0 spiro atoms. The molecule has 0 radical (unpaired) electrons. The standard InChI is InChI=1S/C11H11NO3.C9H12N2O5S.C6H4ClNO4S/c1-7(2)15-12-10(13)8-5-3-4-6-9(8)11(12)14;1-7(2)16-10-17(14,15)9-5-3-4-8(6-9)11(12)13;7-13(11,12)6-3-1-2-5(4-6)8(9)10/h3-7H,1-2H3;3-7,10H,1-2H3;1-4H. The lowest BCUT2D eigenvalue weighted by molar-refractivity contribution is -0.385. The van der Waals surface area contributed by atoms with Gasteiger partial charge in [0.05, 0.1) is 43.0 Å². The Hall–Kier alpha value is -4.33. The van der Waals surface area contributed by atoms with Crippen LogP contribution in [-0.2, 0) is 28.7 Å². The van der Waals surface area contributed by atoms with E-state index < -0.39 is 28.9 Å². The van der Waals surface area contributed by atoms with E-state index >= 15 is 0 Å². The summed E-state index contributed by atoms with van der Waals surface area (Å²) in [7, 11) is -2.79. The van der Waals surface area contributed by atoms with Gasteiger partial charge in [-0.15, -0.1) is 5.06 Å². The molecule has 1 aliphatic rings. The number of nitro benzene ring substituents is 2. The Morgan fingerprint density at radius 1 is 0.733 bits per heavy atom. The van der Waals surface area contributed by atoms with Crippen molar-refractivity contribution in [3.05, 3.63) is 104 Å². The molecule has 16 nitrogen and oxygen atoms in total. The lowest BCUT2D eigenvalue weighted by atomic mass is 10.1. The van der Waals surface area contributed by atoms with E-state index in [1.165, 1.54) is 36.4 Å². The number of carbonyl (C=O) groups excluding carboxylic acids is 2. The summed E-state index contributed by atoms with van der Waals surface area (Å²) in [4.78, 5) is 54.2. The maximum Gasteiger partial charge on any atom is 0.285 e. The Labute approximate surface area is 262 Å². The number of nitrogens with one attached hydrogen (secondary N) is 1. The summed E-state index contributed by atoms with van der Waals surface area (Å²) in [6, 6.07) is 16.0. The lowest BCUT2D eigenvalue weighted by Gasteiger charge is -2.15. The van der Waals surface area contributed by atoms with Gasteiger partial charge in [0.25, 0.3) is 42.3 Å². The predicted molar refractivity (Wildman–Crippen MR) is 159 cm³/mol. The first-order valence-electron chi connectivity index (χ1n) is 12.6. The highest BCUT2D eigenvalue weighted by Gasteiger charge is 2.36. The van der Waals surface area contributed by atoms with Gasteiger partial charge in [0.15, 0.2) is 0 Å². The predicted octanol–water partition coefficient (Wildman–Crippen LogP) is 4.36. The fraction of sp³-hybridized carbons (Fsp3) is 0.231. The number of carbonyl (C=O) groups is 2. The van der Waals surface area contributed by atoms with E-state index in [-0.39, 0.29) is 45.2 Å². The number of hydrogen-bond donors (Lipinski definition) is 1. The van der Waals surface area contributed by atoms with Crippen LogP contribution in [0.25, 0.3) is 0 Å². The summed E-state index contributed by atoms with van der Waals surface area (Å²) in [5, 5.41) is 21.6. The minimum absolute atomic E-state index is 0.202. The Bertz CT molecular complexity index is 1760. The lowest BCUT2D eigenvalue weighted by Crippen LogP contribution is -2.32. The van der Waals surface area contributed by atoms with Gasteiger partial charge in [-0.3, -0.25) is 39.5 Å². The Balaban J connectivity index is 0.000000237. The van der Waals surface area contributed by atoms with Crippen LogP contribution >= 0.6 is 10.7 Å². The minimum atomic E-state index is -3.89. The number of nitro groups is 2. The first-order valence-corrected chi connectivity index (χ1v) is 16.4. The average molecular weight is 687 g/mol. The fourth-order valence-electron chi connectivity index (χ4n) is 3.19. The van der Waals surface area contributed by atoms with Crippen LogP contribution in [0.2, 0.25) is 0 Å². The van der Waals surface area contributed by atoms with Crippen LogP contribution in [0, 0.1) is 20.2 Å². The topological polar surface area (TPSA) is 222 Å². The van der Waals surface area contributed by atoms with Crippen LogP contribution in [0.5, 0.6) is 0 Å². The molecule has 45 heavy (non-hydrogen) atoms. The van der Waals surface area contributed by atoms with Crippen molar-refractivity contribution < 1.29 is 45.9 Å². The maximum atomic E-state index is 11.7. The third kappa shape index (κ3) is 10.7. The van der Waals surface area contributed by atoms with Crippen LogP contribution < -0.4 is 4.89 Å². The van der Waals surface area contributed by atoms with Crippen LogP contribution in [-0.4, -0.2) is 55.8 Å². The molecule has 19 heteroatoms. The highest BCUT2D eigenvalue weighted by Crippen LogP contribution is 2.23. The number of nitrogens with zero attached hydrogens (tertiary/aromatic N) is 3. The second kappa shape index (κ2) is 15.6.